The molecule has 0 radical (unpaired) electrons. The van der Waals surface area contributed by atoms with Gasteiger partial charge in [0, 0.05) is 25.7 Å². The number of hydrogen-bond acceptors (Lipinski definition) is 4. The Hall–Kier alpha value is -1.46. The number of piperazine rings is 1. The SMILES string of the molecule is CCOc1ccccc1OCC(=O)N1CCNC[C@@H]1C.Cl. The van der Waals surface area contributed by atoms with Crippen LogP contribution in [0.15, 0.2) is 24.3 Å². The standard InChI is InChI=1S/C15H22N2O3.ClH/c1-3-19-13-6-4-5-7-14(13)20-11-15(18)17-9-8-16-10-12(17)2;/h4-7,12,16H,3,8-11H2,1-2H3;1H/t12-;/m0./s1. The molecule has 0 aliphatic carbocycles. The van der Waals surface area contributed by atoms with E-state index in [1.165, 1.54) is 0 Å². The second-order valence-electron chi connectivity index (χ2n) is 4.81. The molecular formula is C15H23ClN2O3. The number of nitrogens with zero attached hydrogens (tertiary/aromatic N) is 1. The number of hydrogen-bond donors (Lipinski definition) is 1. The van der Waals surface area contributed by atoms with Gasteiger partial charge in [0.05, 0.1) is 6.61 Å². The lowest BCUT2D eigenvalue weighted by atomic mass is 10.2. The molecule has 0 saturated carbocycles. The van der Waals surface area contributed by atoms with Crippen molar-refractivity contribution in [2.24, 2.45) is 0 Å². The van der Waals surface area contributed by atoms with Crippen LogP contribution >= 0.6 is 12.4 Å². The van der Waals surface area contributed by atoms with Crippen molar-refractivity contribution in [1.29, 1.82) is 0 Å². The van der Waals surface area contributed by atoms with Gasteiger partial charge in [0.25, 0.3) is 5.91 Å². The number of amides is 1. The summed E-state index contributed by atoms with van der Waals surface area (Å²) in [5.41, 5.74) is 0. The molecule has 1 atom stereocenters. The van der Waals surface area contributed by atoms with Crippen LogP contribution in [0.4, 0.5) is 0 Å². The zero-order valence-corrected chi connectivity index (χ0v) is 13.3. The molecule has 0 unspecified atom stereocenters. The number of nitrogens with one attached hydrogen (secondary N) is 1. The summed E-state index contributed by atoms with van der Waals surface area (Å²) in [5, 5.41) is 3.26. The van der Waals surface area contributed by atoms with Crippen LogP contribution in [-0.4, -0.2) is 49.7 Å². The molecule has 0 spiro atoms. The molecule has 1 saturated heterocycles. The van der Waals surface area contributed by atoms with Gasteiger partial charge in [-0.25, -0.2) is 0 Å². The first-order chi connectivity index (χ1) is 9.72. The Labute approximate surface area is 132 Å². The predicted octanol–water partition coefficient (Wildman–Crippen LogP) is 1.71. The average Bonchev–Trinajstić information content (AvgIpc) is 2.47. The van der Waals surface area contributed by atoms with Crippen LogP contribution < -0.4 is 14.8 Å². The maximum Gasteiger partial charge on any atom is 0.260 e. The zero-order chi connectivity index (χ0) is 14.4. The van der Waals surface area contributed by atoms with Crippen molar-refractivity contribution >= 4 is 18.3 Å². The van der Waals surface area contributed by atoms with Crippen molar-refractivity contribution in [2.45, 2.75) is 19.9 Å². The van der Waals surface area contributed by atoms with Gasteiger partial charge in [-0.3, -0.25) is 4.79 Å². The summed E-state index contributed by atoms with van der Waals surface area (Å²) in [6.45, 7) is 6.99. The lowest BCUT2D eigenvalue weighted by Crippen LogP contribution is -2.53. The number of carbonyl (C=O) groups is 1. The molecule has 2 rings (SSSR count). The van der Waals surface area contributed by atoms with Gasteiger partial charge in [-0.2, -0.15) is 0 Å². The zero-order valence-electron chi connectivity index (χ0n) is 12.5. The molecule has 118 valence electrons. The Bertz CT molecular complexity index is 456. The molecule has 1 heterocycles. The fourth-order valence-corrected chi connectivity index (χ4v) is 2.28. The van der Waals surface area contributed by atoms with Gasteiger partial charge in [-0.15, -0.1) is 12.4 Å². The van der Waals surface area contributed by atoms with Gasteiger partial charge in [0.1, 0.15) is 0 Å². The third kappa shape index (κ3) is 4.79. The monoisotopic (exact) mass is 314 g/mol. The Balaban J connectivity index is 0.00000220. The predicted molar refractivity (Wildman–Crippen MR) is 84.4 cm³/mol. The van der Waals surface area contributed by atoms with Crippen molar-refractivity contribution in [3.63, 3.8) is 0 Å². The lowest BCUT2D eigenvalue weighted by Gasteiger charge is -2.33. The summed E-state index contributed by atoms with van der Waals surface area (Å²) >= 11 is 0. The highest BCUT2D eigenvalue weighted by molar-refractivity contribution is 5.85. The van der Waals surface area contributed by atoms with Gasteiger partial charge < -0.3 is 19.7 Å². The molecule has 1 aliphatic heterocycles. The van der Waals surface area contributed by atoms with Crippen molar-refractivity contribution < 1.29 is 14.3 Å². The van der Waals surface area contributed by atoms with Gasteiger partial charge in [-0.1, -0.05) is 12.1 Å². The molecule has 1 amide bonds. The van der Waals surface area contributed by atoms with Crippen LogP contribution in [-0.2, 0) is 4.79 Å². The summed E-state index contributed by atoms with van der Waals surface area (Å²) in [7, 11) is 0. The number of ether oxygens (including phenoxy) is 2. The van der Waals surface area contributed by atoms with Crippen molar-refractivity contribution in [1.82, 2.24) is 10.2 Å². The van der Waals surface area contributed by atoms with E-state index in [0.29, 0.717) is 18.1 Å². The third-order valence-corrected chi connectivity index (χ3v) is 3.32. The quantitative estimate of drug-likeness (QED) is 0.899. The minimum atomic E-state index is 0. The highest BCUT2D eigenvalue weighted by atomic mass is 35.5. The first kappa shape index (κ1) is 17.6. The smallest absolute Gasteiger partial charge is 0.260 e. The Morgan fingerprint density at radius 1 is 1.33 bits per heavy atom. The highest BCUT2D eigenvalue weighted by Crippen LogP contribution is 2.26. The number of para-hydroxylation sites is 2. The summed E-state index contributed by atoms with van der Waals surface area (Å²) in [6.07, 6.45) is 0. The van der Waals surface area contributed by atoms with Gasteiger partial charge in [-0.05, 0) is 26.0 Å². The van der Waals surface area contributed by atoms with Gasteiger partial charge >= 0.3 is 0 Å². The molecule has 0 bridgehead atoms. The first-order valence-electron chi connectivity index (χ1n) is 7.07. The van der Waals surface area contributed by atoms with Crippen molar-refractivity contribution in [3.8, 4) is 11.5 Å². The molecule has 1 aliphatic rings. The number of halogens is 1. The van der Waals surface area contributed by atoms with Crippen LogP contribution in [0.5, 0.6) is 11.5 Å². The maximum absolute atomic E-state index is 12.2. The fourth-order valence-electron chi connectivity index (χ4n) is 2.28. The van der Waals surface area contributed by atoms with Gasteiger partial charge in [0.2, 0.25) is 0 Å². The number of carbonyl (C=O) groups excluding carboxylic acids is 1. The van der Waals surface area contributed by atoms with Crippen LogP contribution in [0.25, 0.3) is 0 Å². The molecular weight excluding hydrogens is 292 g/mol. The second-order valence-corrected chi connectivity index (χ2v) is 4.81. The summed E-state index contributed by atoms with van der Waals surface area (Å²) in [5.74, 6) is 1.31. The fraction of sp³-hybridized carbons (Fsp3) is 0.533. The van der Waals surface area contributed by atoms with Crippen LogP contribution in [0.1, 0.15) is 13.8 Å². The van der Waals surface area contributed by atoms with E-state index in [9.17, 15) is 4.79 Å². The summed E-state index contributed by atoms with van der Waals surface area (Å²) in [6, 6.07) is 7.63. The van der Waals surface area contributed by atoms with E-state index in [-0.39, 0.29) is 31.0 Å². The molecule has 1 fully saturated rings. The Kier molecular flexibility index (Phi) is 7.32. The molecule has 1 aromatic carbocycles. The Morgan fingerprint density at radius 3 is 2.62 bits per heavy atom. The molecule has 1 N–H and O–H groups in total. The minimum absolute atomic E-state index is 0. The lowest BCUT2D eigenvalue weighted by molar-refractivity contribution is -0.136. The van der Waals surface area contributed by atoms with E-state index in [1.54, 1.807) is 0 Å². The van der Waals surface area contributed by atoms with E-state index < -0.39 is 0 Å². The van der Waals surface area contributed by atoms with E-state index >= 15 is 0 Å². The third-order valence-electron chi connectivity index (χ3n) is 3.32. The second kappa shape index (κ2) is 8.74. The number of benzene rings is 1. The van der Waals surface area contributed by atoms with E-state index in [2.05, 4.69) is 5.32 Å². The summed E-state index contributed by atoms with van der Waals surface area (Å²) in [4.78, 5) is 14.0. The first-order valence-corrected chi connectivity index (χ1v) is 7.07. The molecule has 5 nitrogen and oxygen atoms in total. The van der Waals surface area contributed by atoms with Crippen LogP contribution in [0.2, 0.25) is 0 Å². The molecule has 0 aromatic heterocycles. The normalized spacial score (nSPS) is 17.8. The van der Waals surface area contributed by atoms with E-state index in [4.69, 9.17) is 9.47 Å². The topological polar surface area (TPSA) is 50.8 Å². The molecule has 21 heavy (non-hydrogen) atoms. The highest BCUT2D eigenvalue weighted by Gasteiger charge is 2.23. The Morgan fingerprint density at radius 2 is 2.00 bits per heavy atom. The largest absolute Gasteiger partial charge is 0.490 e. The molecule has 1 aromatic rings. The van der Waals surface area contributed by atoms with E-state index in [0.717, 1.165) is 19.6 Å². The minimum Gasteiger partial charge on any atom is -0.490 e. The maximum atomic E-state index is 12.2. The van der Waals surface area contributed by atoms with Gasteiger partial charge in [0.15, 0.2) is 18.1 Å². The average molecular weight is 315 g/mol. The van der Waals surface area contributed by atoms with Crippen LogP contribution in [0, 0.1) is 0 Å². The number of rotatable bonds is 5. The summed E-state index contributed by atoms with van der Waals surface area (Å²) < 4.78 is 11.1. The van der Waals surface area contributed by atoms with Crippen molar-refractivity contribution in [2.75, 3.05) is 32.8 Å². The van der Waals surface area contributed by atoms with Crippen molar-refractivity contribution in [3.05, 3.63) is 24.3 Å². The van der Waals surface area contributed by atoms with E-state index in [1.807, 2.05) is 43.0 Å². The molecule has 6 heteroatoms. The van der Waals surface area contributed by atoms with Crippen LogP contribution in [0.3, 0.4) is 0 Å².